The Kier molecular flexibility index (Phi) is 5.40. The van der Waals surface area contributed by atoms with Gasteiger partial charge >= 0.3 is 0 Å². The van der Waals surface area contributed by atoms with Crippen LogP contribution < -0.4 is 10.6 Å². The van der Waals surface area contributed by atoms with Crippen LogP contribution in [0.15, 0.2) is 74.9 Å². The van der Waals surface area contributed by atoms with Crippen molar-refractivity contribution in [2.75, 3.05) is 10.6 Å². The van der Waals surface area contributed by atoms with Crippen LogP contribution >= 0.6 is 15.9 Å². The second-order valence-corrected chi connectivity index (χ2v) is 7.03. The van der Waals surface area contributed by atoms with Gasteiger partial charge < -0.3 is 15.8 Å². The summed E-state index contributed by atoms with van der Waals surface area (Å²) in [6.45, 7) is 0. The predicted molar refractivity (Wildman–Crippen MR) is 112 cm³/mol. The molecule has 0 saturated heterocycles. The van der Waals surface area contributed by atoms with Gasteiger partial charge in [-0.25, -0.2) is 9.02 Å². The summed E-state index contributed by atoms with van der Waals surface area (Å²) in [5, 5.41) is 27.1. The molecule has 0 spiro atoms. The van der Waals surface area contributed by atoms with Gasteiger partial charge in [0.15, 0.2) is 5.69 Å². The van der Waals surface area contributed by atoms with Crippen LogP contribution in [-0.2, 0) is 0 Å². The lowest BCUT2D eigenvalue weighted by atomic mass is 10.1. The molecular formula is C20H13BrFN5O3. The topological polar surface area (TPSA) is 113 Å². The van der Waals surface area contributed by atoms with Gasteiger partial charge in [-0.2, -0.15) is 0 Å². The zero-order chi connectivity index (χ0) is 21.1. The van der Waals surface area contributed by atoms with Gasteiger partial charge in [-0.05, 0) is 67.3 Å². The van der Waals surface area contributed by atoms with Gasteiger partial charge in [-0.15, -0.1) is 0 Å². The minimum absolute atomic E-state index is 0.0351. The smallest absolute Gasteiger partial charge is 0.256 e. The fourth-order valence-electron chi connectivity index (χ4n) is 2.78. The minimum atomic E-state index is -0.450. The Morgan fingerprint density at radius 1 is 1.03 bits per heavy atom. The molecule has 150 valence electrons. The number of rotatable bonds is 4. The average Bonchev–Trinajstić information content (AvgIpc) is 3.22. The van der Waals surface area contributed by atoms with Crippen molar-refractivity contribution >= 4 is 50.0 Å². The van der Waals surface area contributed by atoms with Crippen LogP contribution in [0.5, 0.6) is 0 Å². The number of amides is 1. The summed E-state index contributed by atoms with van der Waals surface area (Å²) < 4.78 is 18.3. The van der Waals surface area contributed by atoms with Gasteiger partial charge in [0.05, 0.1) is 4.47 Å². The highest BCUT2D eigenvalue weighted by molar-refractivity contribution is 9.10. The van der Waals surface area contributed by atoms with Crippen molar-refractivity contribution < 1.29 is 19.0 Å². The molecule has 0 radical (unpaired) electrons. The quantitative estimate of drug-likeness (QED) is 0.174. The van der Waals surface area contributed by atoms with E-state index in [1.54, 1.807) is 12.1 Å². The number of amidine groups is 1. The SMILES string of the molecule is O=C(Nc1nonc1/C(=N\O)Nc1ccc(F)c(Br)c1)c1ccc2ccccc2c1. The molecule has 30 heavy (non-hydrogen) atoms. The molecule has 1 heterocycles. The van der Waals surface area contributed by atoms with Crippen LogP contribution in [0.25, 0.3) is 10.8 Å². The second kappa shape index (κ2) is 8.29. The summed E-state index contributed by atoms with van der Waals surface area (Å²) in [6.07, 6.45) is 0. The molecule has 10 heteroatoms. The molecule has 0 bridgehead atoms. The number of anilines is 2. The lowest BCUT2D eigenvalue weighted by Crippen LogP contribution is -2.19. The molecule has 0 saturated carbocycles. The number of benzene rings is 3. The lowest BCUT2D eigenvalue weighted by molar-refractivity contribution is 0.102. The van der Waals surface area contributed by atoms with E-state index in [0.717, 1.165) is 10.8 Å². The number of aromatic nitrogens is 2. The van der Waals surface area contributed by atoms with Gasteiger partial charge in [0.1, 0.15) is 5.82 Å². The van der Waals surface area contributed by atoms with E-state index in [-0.39, 0.29) is 21.8 Å². The Morgan fingerprint density at radius 3 is 2.60 bits per heavy atom. The molecule has 4 rings (SSSR count). The first-order valence-corrected chi connectivity index (χ1v) is 9.41. The van der Waals surface area contributed by atoms with Crippen LogP contribution in [0, 0.1) is 5.82 Å². The van der Waals surface area contributed by atoms with E-state index in [1.807, 2.05) is 30.3 Å². The summed E-state index contributed by atoms with van der Waals surface area (Å²) in [5.41, 5.74) is 0.776. The molecule has 8 nitrogen and oxygen atoms in total. The molecule has 3 aromatic carbocycles. The number of hydrogen-bond acceptors (Lipinski definition) is 6. The van der Waals surface area contributed by atoms with Crippen LogP contribution in [0.1, 0.15) is 16.1 Å². The van der Waals surface area contributed by atoms with Crippen LogP contribution in [0.2, 0.25) is 0 Å². The van der Waals surface area contributed by atoms with E-state index in [4.69, 9.17) is 4.63 Å². The summed E-state index contributed by atoms with van der Waals surface area (Å²) in [7, 11) is 0. The number of fused-ring (bicyclic) bond motifs is 1. The first kappa shape index (κ1) is 19.5. The molecule has 0 aliphatic carbocycles. The normalized spacial score (nSPS) is 11.5. The zero-order valence-electron chi connectivity index (χ0n) is 15.1. The number of halogens is 2. The van der Waals surface area contributed by atoms with Crippen molar-refractivity contribution in [1.82, 2.24) is 10.3 Å². The van der Waals surface area contributed by atoms with Crippen molar-refractivity contribution in [3.63, 3.8) is 0 Å². The lowest BCUT2D eigenvalue weighted by Gasteiger charge is -2.08. The molecule has 0 atom stereocenters. The molecule has 4 aromatic rings. The Labute approximate surface area is 177 Å². The van der Waals surface area contributed by atoms with E-state index >= 15 is 0 Å². The van der Waals surface area contributed by atoms with Crippen LogP contribution in [0.4, 0.5) is 15.9 Å². The highest BCUT2D eigenvalue weighted by atomic mass is 79.9. The largest absolute Gasteiger partial charge is 0.409 e. The van der Waals surface area contributed by atoms with Gasteiger partial charge in [0, 0.05) is 11.3 Å². The Bertz CT molecular complexity index is 1270. The monoisotopic (exact) mass is 469 g/mol. The molecule has 0 aliphatic heterocycles. The number of carbonyl (C=O) groups excluding carboxylic acids is 1. The van der Waals surface area contributed by atoms with Gasteiger partial charge in [0.2, 0.25) is 11.7 Å². The second-order valence-electron chi connectivity index (χ2n) is 6.18. The maximum absolute atomic E-state index is 13.4. The Balaban J connectivity index is 1.56. The summed E-state index contributed by atoms with van der Waals surface area (Å²) in [6, 6.07) is 17.0. The van der Waals surface area contributed by atoms with Crippen molar-refractivity contribution in [2.45, 2.75) is 0 Å². The summed E-state index contributed by atoms with van der Waals surface area (Å²) in [4.78, 5) is 12.7. The average molecular weight is 470 g/mol. The number of carbonyl (C=O) groups is 1. The fourth-order valence-corrected chi connectivity index (χ4v) is 3.16. The van der Waals surface area contributed by atoms with Crippen molar-refractivity contribution in [1.29, 1.82) is 0 Å². The highest BCUT2D eigenvalue weighted by Gasteiger charge is 2.20. The van der Waals surface area contributed by atoms with Gasteiger partial charge in [0.25, 0.3) is 5.91 Å². The molecule has 3 N–H and O–H groups in total. The fraction of sp³-hybridized carbons (Fsp3) is 0. The van der Waals surface area contributed by atoms with E-state index in [9.17, 15) is 14.4 Å². The van der Waals surface area contributed by atoms with E-state index in [0.29, 0.717) is 11.3 Å². The zero-order valence-corrected chi connectivity index (χ0v) is 16.7. The molecule has 1 aromatic heterocycles. The summed E-state index contributed by atoms with van der Waals surface area (Å²) in [5.74, 6) is -1.09. The van der Waals surface area contributed by atoms with Crippen molar-refractivity contribution in [2.24, 2.45) is 5.16 Å². The third-order valence-corrected chi connectivity index (χ3v) is 4.85. The Morgan fingerprint density at radius 2 is 1.83 bits per heavy atom. The number of hydrogen-bond donors (Lipinski definition) is 3. The third-order valence-electron chi connectivity index (χ3n) is 4.24. The van der Waals surface area contributed by atoms with Gasteiger partial charge in [-0.1, -0.05) is 35.5 Å². The molecular weight excluding hydrogens is 457 g/mol. The van der Waals surface area contributed by atoms with E-state index in [1.165, 1.54) is 18.2 Å². The number of oxime groups is 1. The van der Waals surface area contributed by atoms with Crippen molar-refractivity contribution in [3.05, 3.63) is 82.2 Å². The Hall–Kier alpha value is -3.79. The van der Waals surface area contributed by atoms with Gasteiger partial charge in [-0.3, -0.25) is 4.79 Å². The first-order chi connectivity index (χ1) is 14.5. The number of nitrogens with zero attached hydrogens (tertiary/aromatic N) is 3. The molecule has 0 unspecified atom stereocenters. The molecule has 1 amide bonds. The summed E-state index contributed by atoms with van der Waals surface area (Å²) >= 11 is 3.08. The predicted octanol–water partition coefficient (Wildman–Crippen LogP) is 4.62. The first-order valence-electron chi connectivity index (χ1n) is 8.62. The molecule has 0 fully saturated rings. The highest BCUT2D eigenvalue weighted by Crippen LogP contribution is 2.22. The van der Waals surface area contributed by atoms with Crippen LogP contribution in [-0.4, -0.2) is 27.3 Å². The maximum atomic E-state index is 13.4. The van der Waals surface area contributed by atoms with E-state index in [2.05, 4.69) is 42.0 Å². The van der Waals surface area contributed by atoms with Crippen molar-refractivity contribution in [3.8, 4) is 0 Å². The standard InChI is InChI=1S/C20H13BrFN5O3/c21-15-10-14(7-8-16(15)22)23-18(25-29)17-19(27-30-26-17)24-20(28)13-6-5-11-3-1-2-4-12(11)9-13/h1-10,29H,(H,23,25)(H,24,27,28). The van der Waals surface area contributed by atoms with E-state index < -0.39 is 11.7 Å². The maximum Gasteiger partial charge on any atom is 0.256 e. The molecule has 0 aliphatic rings. The van der Waals surface area contributed by atoms with Crippen LogP contribution in [0.3, 0.4) is 0 Å². The third kappa shape index (κ3) is 3.98. The minimum Gasteiger partial charge on any atom is -0.409 e. The number of nitrogens with one attached hydrogen (secondary N) is 2.